The van der Waals surface area contributed by atoms with Crippen LogP contribution in [-0.4, -0.2) is 11.0 Å². The Morgan fingerprint density at radius 3 is 2.35 bits per heavy atom. The fourth-order valence-electron chi connectivity index (χ4n) is 2.21. The first kappa shape index (κ1) is 15.5. The number of fused-ring (bicyclic) bond motifs is 1. The molecule has 0 heterocycles. The molecule has 0 spiro atoms. The van der Waals surface area contributed by atoms with Crippen molar-refractivity contribution in [3.63, 3.8) is 0 Å². The minimum atomic E-state index is -0.278. The summed E-state index contributed by atoms with van der Waals surface area (Å²) in [7, 11) is 0. The van der Waals surface area contributed by atoms with Gasteiger partial charge in [0.1, 0.15) is 0 Å². The lowest BCUT2D eigenvalue weighted by atomic mass is 10.1. The van der Waals surface area contributed by atoms with E-state index in [1.54, 1.807) is 24.3 Å². The zero-order valence-corrected chi connectivity index (χ0v) is 13.6. The Balaban J connectivity index is 1.68. The van der Waals surface area contributed by atoms with Crippen molar-refractivity contribution < 1.29 is 4.79 Å². The first-order valence-corrected chi connectivity index (χ1v) is 7.77. The van der Waals surface area contributed by atoms with Gasteiger partial charge in [-0.3, -0.25) is 10.1 Å². The number of carbonyl (C=O) groups excluding carboxylic acids is 1. The maximum Gasteiger partial charge on any atom is 0.257 e. The molecular formula is C18H13ClN2OS. The number of rotatable bonds is 2. The summed E-state index contributed by atoms with van der Waals surface area (Å²) in [5.74, 6) is -0.278. The lowest BCUT2D eigenvalue weighted by molar-refractivity contribution is 0.0978. The molecule has 0 aliphatic carbocycles. The van der Waals surface area contributed by atoms with Crippen molar-refractivity contribution in [2.24, 2.45) is 0 Å². The topological polar surface area (TPSA) is 41.1 Å². The van der Waals surface area contributed by atoms with E-state index in [9.17, 15) is 4.79 Å². The summed E-state index contributed by atoms with van der Waals surface area (Å²) in [6.07, 6.45) is 0. The predicted molar refractivity (Wildman–Crippen MR) is 99.1 cm³/mol. The molecule has 5 heteroatoms. The maximum atomic E-state index is 12.1. The third kappa shape index (κ3) is 3.86. The molecule has 0 radical (unpaired) electrons. The summed E-state index contributed by atoms with van der Waals surface area (Å²) in [6.45, 7) is 0. The van der Waals surface area contributed by atoms with Gasteiger partial charge in [0.15, 0.2) is 5.11 Å². The summed E-state index contributed by atoms with van der Waals surface area (Å²) >= 11 is 11.0. The largest absolute Gasteiger partial charge is 0.332 e. The van der Waals surface area contributed by atoms with Crippen molar-refractivity contribution in [1.82, 2.24) is 5.32 Å². The second kappa shape index (κ2) is 6.77. The van der Waals surface area contributed by atoms with Gasteiger partial charge in [-0.25, -0.2) is 0 Å². The molecule has 3 rings (SSSR count). The summed E-state index contributed by atoms with van der Waals surface area (Å²) in [5, 5.41) is 8.75. The van der Waals surface area contributed by atoms with Crippen molar-refractivity contribution in [3.05, 3.63) is 77.3 Å². The highest BCUT2D eigenvalue weighted by Crippen LogP contribution is 2.18. The van der Waals surface area contributed by atoms with Gasteiger partial charge in [0.25, 0.3) is 5.91 Å². The lowest BCUT2D eigenvalue weighted by Gasteiger charge is -2.10. The number of anilines is 1. The van der Waals surface area contributed by atoms with Crippen molar-refractivity contribution in [3.8, 4) is 0 Å². The third-order valence-corrected chi connectivity index (χ3v) is 3.80. The van der Waals surface area contributed by atoms with Crippen molar-refractivity contribution >= 4 is 51.3 Å². The lowest BCUT2D eigenvalue weighted by Crippen LogP contribution is -2.34. The average molecular weight is 341 g/mol. The van der Waals surface area contributed by atoms with Gasteiger partial charge in [-0.15, -0.1) is 0 Å². The van der Waals surface area contributed by atoms with Gasteiger partial charge >= 0.3 is 0 Å². The van der Waals surface area contributed by atoms with E-state index >= 15 is 0 Å². The SMILES string of the molecule is O=C(NC(=S)Nc1ccc2ccccc2c1)c1ccc(Cl)cc1. The predicted octanol–water partition coefficient (Wildman–Crippen LogP) is 4.62. The van der Waals surface area contributed by atoms with E-state index in [1.807, 2.05) is 42.5 Å². The van der Waals surface area contributed by atoms with Crippen LogP contribution in [0.3, 0.4) is 0 Å². The number of hydrogen-bond donors (Lipinski definition) is 2. The van der Waals surface area contributed by atoms with Crippen LogP contribution in [0.5, 0.6) is 0 Å². The highest BCUT2D eigenvalue weighted by molar-refractivity contribution is 7.80. The molecule has 1 amide bonds. The average Bonchev–Trinajstić information content (AvgIpc) is 2.55. The molecule has 0 bridgehead atoms. The Morgan fingerprint density at radius 2 is 1.61 bits per heavy atom. The Hall–Kier alpha value is -2.43. The van der Waals surface area contributed by atoms with Gasteiger partial charge < -0.3 is 5.32 Å². The van der Waals surface area contributed by atoms with Crippen LogP contribution in [0.4, 0.5) is 5.69 Å². The normalized spacial score (nSPS) is 10.3. The molecule has 0 atom stereocenters. The summed E-state index contributed by atoms with van der Waals surface area (Å²) in [5.41, 5.74) is 1.32. The quantitative estimate of drug-likeness (QED) is 0.669. The van der Waals surface area contributed by atoms with Crippen LogP contribution in [-0.2, 0) is 0 Å². The molecule has 2 N–H and O–H groups in total. The fourth-order valence-corrected chi connectivity index (χ4v) is 2.54. The summed E-state index contributed by atoms with van der Waals surface area (Å²) in [6, 6.07) is 20.6. The van der Waals surface area contributed by atoms with Crippen LogP contribution in [0, 0.1) is 0 Å². The number of halogens is 1. The molecule has 3 aromatic carbocycles. The molecule has 0 unspecified atom stereocenters. The molecule has 0 aromatic heterocycles. The van der Waals surface area contributed by atoms with Crippen molar-refractivity contribution in [2.75, 3.05) is 5.32 Å². The first-order chi connectivity index (χ1) is 11.1. The zero-order chi connectivity index (χ0) is 16.2. The van der Waals surface area contributed by atoms with E-state index < -0.39 is 0 Å². The van der Waals surface area contributed by atoms with Gasteiger partial charge in [-0.05, 0) is 59.4 Å². The zero-order valence-electron chi connectivity index (χ0n) is 12.0. The number of benzene rings is 3. The molecule has 3 aromatic rings. The van der Waals surface area contributed by atoms with Gasteiger partial charge in [-0.1, -0.05) is 41.9 Å². The van der Waals surface area contributed by atoms with E-state index in [1.165, 1.54) is 0 Å². The molecular weight excluding hydrogens is 328 g/mol. The Labute approximate surface area is 144 Å². The highest BCUT2D eigenvalue weighted by Gasteiger charge is 2.08. The molecule has 0 aliphatic rings. The van der Waals surface area contributed by atoms with Gasteiger partial charge in [0, 0.05) is 16.3 Å². The van der Waals surface area contributed by atoms with Crippen LogP contribution in [0.1, 0.15) is 10.4 Å². The fraction of sp³-hybridized carbons (Fsp3) is 0. The second-order valence-corrected chi connectivity index (χ2v) is 5.82. The van der Waals surface area contributed by atoms with Gasteiger partial charge in [0.05, 0.1) is 0 Å². The maximum absolute atomic E-state index is 12.1. The molecule has 0 aliphatic heterocycles. The van der Waals surface area contributed by atoms with E-state index in [0.29, 0.717) is 10.6 Å². The van der Waals surface area contributed by atoms with Crippen LogP contribution >= 0.6 is 23.8 Å². The second-order valence-electron chi connectivity index (χ2n) is 4.98. The van der Waals surface area contributed by atoms with Gasteiger partial charge in [-0.2, -0.15) is 0 Å². The van der Waals surface area contributed by atoms with Crippen LogP contribution in [0.2, 0.25) is 5.02 Å². The van der Waals surface area contributed by atoms with Crippen LogP contribution in [0.15, 0.2) is 66.7 Å². The number of carbonyl (C=O) groups is 1. The molecule has 0 saturated carbocycles. The molecule has 3 nitrogen and oxygen atoms in total. The van der Waals surface area contributed by atoms with Gasteiger partial charge in [0.2, 0.25) is 0 Å². The monoisotopic (exact) mass is 340 g/mol. The smallest absolute Gasteiger partial charge is 0.257 e. The molecule has 0 fully saturated rings. The third-order valence-electron chi connectivity index (χ3n) is 3.34. The number of thiocarbonyl (C=S) groups is 1. The minimum Gasteiger partial charge on any atom is -0.332 e. The summed E-state index contributed by atoms with van der Waals surface area (Å²) in [4.78, 5) is 12.1. The Morgan fingerprint density at radius 1 is 0.913 bits per heavy atom. The Kier molecular flexibility index (Phi) is 4.55. The van der Waals surface area contributed by atoms with E-state index in [-0.39, 0.29) is 11.0 Å². The highest BCUT2D eigenvalue weighted by atomic mass is 35.5. The molecule has 114 valence electrons. The van der Waals surface area contributed by atoms with Crippen molar-refractivity contribution in [1.29, 1.82) is 0 Å². The molecule has 0 saturated heterocycles. The summed E-state index contributed by atoms with van der Waals surface area (Å²) < 4.78 is 0. The standard InChI is InChI=1S/C18H13ClN2OS/c19-15-8-5-13(6-9-15)17(22)21-18(23)20-16-10-7-12-3-1-2-4-14(12)11-16/h1-11H,(H2,20,21,22,23). The number of nitrogens with one attached hydrogen (secondary N) is 2. The number of hydrogen-bond acceptors (Lipinski definition) is 2. The van der Waals surface area contributed by atoms with Crippen molar-refractivity contribution in [2.45, 2.75) is 0 Å². The number of amides is 1. The van der Waals surface area contributed by atoms with Crippen LogP contribution < -0.4 is 10.6 Å². The Bertz CT molecular complexity index is 878. The van der Waals surface area contributed by atoms with E-state index in [0.717, 1.165) is 16.5 Å². The minimum absolute atomic E-state index is 0.250. The van der Waals surface area contributed by atoms with E-state index in [4.69, 9.17) is 23.8 Å². The van der Waals surface area contributed by atoms with Crippen LogP contribution in [0.25, 0.3) is 10.8 Å². The first-order valence-electron chi connectivity index (χ1n) is 6.98. The van der Waals surface area contributed by atoms with E-state index in [2.05, 4.69) is 10.6 Å². The molecule has 23 heavy (non-hydrogen) atoms.